The molecule has 2 heteroatoms. The minimum atomic E-state index is 0.621. The van der Waals surface area contributed by atoms with Crippen LogP contribution in [0.2, 0.25) is 0 Å². The fourth-order valence-corrected chi connectivity index (χ4v) is 3.35. The number of hydrogen-bond donors (Lipinski definition) is 2. The Labute approximate surface area is 125 Å². The van der Waals surface area contributed by atoms with Crippen molar-refractivity contribution < 1.29 is 0 Å². The summed E-state index contributed by atoms with van der Waals surface area (Å²) in [6.07, 6.45) is 18.4. The van der Waals surface area contributed by atoms with Gasteiger partial charge in [-0.3, -0.25) is 0 Å². The predicted octanol–water partition coefficient (Wildman–Crippen LogP) is 4.50. The summed E-state index contributed by atoms with van der Waals surface area (Å²) in [6.45, 7) is 4.56. The second kappa shape index (κ2) is 9.10. The Balaban J connectivity index is 1.68. The number of rotatable bonds is 10. The fourth-order valence-electron chi connectivity index (χ4n) is 3.35. The zero-order valence-corrected chi connectivity index (χ0v) is 13.2. The third-order valence-electron chi connectivity index (χ3n) is 4.52. The molecular formula is C18H32N2. The number of hydrogen-bond acceptors (Lipinski definition) is 2. The summed E-state index contributed by atoms with van der Waals surface area (Å²) < 4.78 is 0. The highest BCUT2D eigenvalue weighted by Gasteiger charge is 2.22. The SMILES string of the molecule is CCCCCCCCCC(C1=CCCN1)C1=CCCN1. The summed E-state index contributed by atoms with van der Waals surface area (Å²) in [6, 6.07) is 0. The van der Waals surface area contributed by atoms with Gasteiger partial charge in [0, 0.05) is 30.4 Å². The van der Waals surface area contributed by atoms with Gasteiger partial charge in [-0.2, -0.15) is 0 Å². The van der Waals surface area contributed by atoms with E-state index < -0.39 is 0 Å². The monoisotopic (exact) mass is 276 g/mol. The van der Waals surface area contributed by atoms with Crippen LogP contribution in [-0.4, -0.2) is 13.1 Å². The Morgan fingerprint density at radius 2 is 1.40 bits per heavy atom. The van der Waals surface area contributed by atoms with E-state index in [1.54, 1.807) is 0 Å². The van der Waals surface area contributed by atoms with Crippen LogP contribution in [0.3, 0.4) is 0 Å². The highest BCUT2D eigenvalue weighted by Crippen LogP contribution is 2.28. The van der Waals surface area contributed by atoms with Crippen LogP contribution in [0.25, 0.3) is 0 Å². The normalized spacial score (nSPS) is 17.9. The molecule has 0 radical (unpaired) electrons. The van der Waals surface area contributed by atoms with E-state index in [0.29, 0.717) is 5.92 Å². The van der Waals surface area contributed by atoms with Crippen LogP contribution in [0, 0.1) is 5.92 Å². The largest absolute Gasteiger partial charge is 0.388 e. The molecule has 20 heavy (non-hydrogen) atoms. The van der Waals surface area contributed by atoms with Crippen molar-refractivity contribution in [3.05, 3.63) is 23.5 Å². The Morgan fingerprint density at radius 1 is 0.850 bits per heavy atom. The molecule has 0 amide bonds. The van der Waals surface area contributed by atoms with Gasteiger partial charge in [0.05, 0.1) is 0 Å². The smallest absolute Gasteiger partial charge is 0.0378 e. The topological polar surface area (TPSA) is 24.1 Å². The molecule has 2 rings (SSSR count). The maximum Gasteiger partial charge on any atom is 0.0378 e. The van der Waals surface area contributed by atoms with E-state index in [9.17, 15) is 0 Å². The molecule has 114 valence electrons. The molecule has 2 aliphatic rings. The first-order valence-electron chi connectivity index (χ1n) is 8.79. The molecule has 0 aliphatic carbocycles. The summed E-state index contributed by atoms with van der Waals surface area (Å²) in [5.41, 5.74) is 2.97. The standard InChI is InChI=1S/C18H32N2/c1-2-3-4-5-6-7-8-11-16(17-12-9-14-19-17)18-13-10-15-20-18/h12-13,16,19-20H,2-11,14-15H2,1H3. The van der Waals surface area contributed by atoms with E-state index in [1.165, 1.54) is 75.6 Å². The van der Waals surface area contributed by atoms with Crippen LogP contribution < -0.4 is 10.6 Å². The highest BCUT2D eigenvalue weighted by atomic mass is 15.0. The molecule has 0 unspecified atom stereocenters. The molecule has 0 atom stereocenters. The van der Waals surface area contributed by atoms with Gasteiger partial charge >= 0.3 is 0 Å². The van der Waals surface area contributed by atoms with Crippen molar-refractivity contribution in [3.8, 4) is 0 Å². The summed E-state index contributed by atoms with van der Waals surface area (Å²) in [5.74, 6) is 0.621. The number of nitrogens with one attached hydrogen (secondary N) is 2. The lowest BCUT2D eigenvalue weighted by atomic mass is 9.94. The third-order valence-corrected chi connectivity index (χ3v) is 4.52. The lowest BCUT2D eigenvalue weighted by Crippen LogP contribution is -2.23. The molecule has 2 heterocycles. The quantitative estimate of drug-likeness (QED) is 0.574. The minimum absolute atomic E-state index is 0.621. The van der Waals surface area contributed by atoms with E-state index in [0.717, 1.165) is 13.1 Å². The van der Waals surface area contributed by atoms with Crippen LogP contribution in [-0.2, 0) is 0 Å². The fraction of sp³-hybridized carbons (Fsp3) is 0.778. The van der Waals surface area contributed by atoms with Crippen molar-refractivity contribution in [2.45, 2.75) is 71.1 Å². The van der Waals surface area contributed by atoms with Crippen molar-refractivity contribution in [2.75, 3.05) is 13.1 Å². The zero-order chi connectivity index (χ0) is 14.0. The summed E-state index contributed by atoms with van der Waals surface area (Å²) in [5, 5.41) is 7.17. The second-order valence-electron chi connectivity index (χ2n) is 6.21. The van der Waals surface area contributed by atoms with E-state index in [-0.39, 0.29) is 0 Å². The van der Waals surface area contributed by atoms with Crippen LogP contribution in [0.4, 0.5) is 0 Å². The first kappa shape index (κ1) is 15.5. The Kier molecular flexibility index (Phi) is 7.04. The van der Waals surface area contributed by atoms with Gasteiger partial charge in [0.2, 0.25) is 0 Å². The maximum absolute atomic E-state index is 3.58. The first-order chi connectivity index (χ1) is 9.92. The van der Waals surface area contributed by atoms with E-state index in [1.807, 2.05) is 0 Å². The molecule has 0 aromatic carbocycles. The predicted molar refractivity (Wildman–Crippen MR) is 87.5 cm³/mol. The molecular weight excluding hydrogens is 244 g/mol. The molecule has 0 saturated carbocycles. The van der Waals surface area contributed by atoms with Gasteiger partial charge in [0.1, 0.15) is 0 Å². The summed E-state index contributed by atoms with van der Waals surface area (Å²) >= 11 is 0. The molecule has 0 saturated heterocycles. The molecule has 2 aliphatic heterocycles. The molecule has 0 fully saturated rings. The third kappa shape index (κ3) is 4.88. The maximum atomic E-state index is 3.58. The molecule has 2 N–H and O–H groups in total. The van der Waals surface area contributed by atoms with E-state index >= 15 is 0 Å². The van der Waals surface area contributed by atoms with Gasteiger partial charge in [-0.25, -0.2) is 0 Å². The van der Waals surface area contributed by atoms with Crippen LogP contribution in [0.1, 0.15) is 71.1 Å². The Morgan fingerprint density at radius 3 is 1.90 bits per heavy atom. The van der Waals surface area contributed by atoms with Crippen LogP contribution in [0.5, 0.6) is 0 Å². The molecule has 2 nitrogen and oxygen atoms in total. The molecule has 0 bridgehead atoms. The van der Waals surface area contributed by atoms with Gasteiger partial charge in [-0.15, -0.1) is 0 Å². The zero-order valence-electron chi connectivity index (χ0n) is 13.2. The average molecular weight is 276 g/mol. The Hall–Kier alpha value is -0.920. The Bertz CT molecular complexity index is 306. The van der Waals surface area contributed by atoms with Gasteiger partial charge in [0.15, 0.2) is 0 Å². The van der Waals surface area contributed by atoms with Crippen molar-refractivity contribution in [3.63, 3.8) is 0 Å². The van der Waals surface area contributed by atoms with E-state index in [4.69, 9.17) is 0 Å². The molecule has 0 spiro atoms. The first-order valence-corrected chi connectivity index (χ1v) is 8.79. The van der Waals surface area contributed by atoms with Crippen LogP contribution >= 0.6 is 0 Å². The lowest BCUT2D eigenvalue weighted by molar-refractivity contribution is 0.511. The van der Waals surface area contributed by atoms with Crippen molar-refractivity contribution in [1.29, 1.82) is 0 Å². The summed E-state index contributed by atoms with van der Waals surface area (Å²) in [7, 11) is 0. The average Bonchev–Trinajstić information content (AvgIpc) is 3.14. The van der Waals surface area contributed by atoms with Crippen molar-refractivity contribution in [1.82, 2.24) is 10.6 Å². The van der Waals surface area contributed by atoms with Crippen molar-refractivity contribution in [2.24, 2.45) is 5.92 Å². The van der Waals surface area contributed by atoms with Gasteiger partial charge < -0.3 is 10.6 Å². The van der Waals surface area contributed by atoms with Crippen molar-refractivity contribution >= 4 is 0 Å². The molecule has 0 aromatic rings. The van der Waals surface area contributed by atoms with Gasteiger partial charge in [0.25, 0.3) is 0 Å². The highest BCUT2D eigenvalue weighted by molar-refractivity contribution is 5.23. The van der Waals surface area contributed by atoms with Crippen LogP contribution in [0.15, 0.2) is 23.5 Å². The van der Waals surface area contributed by atoms with Gasteiger partial charge in [-0.05, 0) is 19.3 Å². The second-order valence-corrected chi connectivity index (χ2v) is 6.21. The lowest BCUT2D eigenvalue weighted by Gasteiger charge is -2.21. The molecule has 0 aromatic heterocycles. The van der Waals surface area contributed by atoms with E-state index in [2.05, 4.69) is 29.7 Å². The van der Waals surface area contributed by atoms with Gasteiger partial charge in [-0.1, -0.05) is 64.0 Å². The minimum Gasteiger partial charge on any atom is -0.388 e. The number of unbranched alkanes of at least 4 members (excludes halogenated alkanes) is 6. The summed E-state index contributed by atoms with van der Waals surface area (Å²) in [4.78, 5) is 0.